The van der Waals surface area contributed by atoms with E-state index in [0.717, 1.165) is 19.3 Å². The van der Waals surface area contributed by atoms with Crippen molar-refractivity contribution in [1.29, 1.82) is 0 Å². The second-order valence-corrected chi connectivity index (χ2v) is 5.74. The highest BCUT2D eigenvalue weighted by atomic mass is 19.4. The first-order valence-corrected chi connectivity index (χ1v) is 8.06. The highest BCUT2D eigenvalue weighted by molar-refractivity contribution is 5.92. The number of carbonyl (C=O) groups is 1. The van der Waals surface area contributed by atoms with Gasteiger partial charge < -0.3 is 20.4 Å². The zero-order valence-corrected chi connectivity index (χ0v) is 14.8. The topological polar surface area (TPSA) is 123 Å². The number of hydrogen-bond acceptors (Lipinski definition) is 6. The molecule has 1 amide bonds. The maximum absolute atomic E-state index is 12.1. The van der Waals surface area contributed by atoms with Crippen LogP contribution < -0.4 is 21.8 Å². The number of primary amides is 1. The fraction of sp³-hybridized carbons (Fsp3) is 0.375. The summed E-state index contributed by atoms with van der Waals surface area (Å²) in [6.07, 6.45) is -2.31. The number of carbonyl (C=O) groups excluding carboxylic acids is 1. The summed E-state index contributed by atoms with van der Waals surface area (Å²) in [5, 5.41) is 3.88. The van der Waals surface area contributed by atoms with Crippen LogP contribution in [0.25, 0.3) is 0 Å². The lowest BCUT2D eigenvalue weighted by atomic mass is 10.2. The molecule has 1 fully saturated rings. The second-order valence-electron chi connectivity index (χ2n) is 5.74. The van der Waals surface area contributed by atoms with E-state index >= 15 is 0 Å². The van der Waals surface area contributed by atoms with E-state index < -0.39 is 28.8 Å². The molecule has 9 nitrogen and oxygen atoms in total. The van der Waals surface area contributed by atoms with Gasteiger partial charge >= 0.3 is 6.18 Å². The van der Waals surface area contributed by atoms with Crippen LogP contribution in [-0.4, -0.2) is 47.0 Å². The molecule has 2 aromatic heterocycles. The smallest absolute Gasteiger partial charge is 0.378 e. The van der Waals surface area contributed by atoms with Gasteiger partial charge in [-0.2, -0.15) is 18.3 Å². The second kappa shape index (κ2) is 8.69. The number of aromatic amines is 1. The number of ether oxygens (including phenoxy) is 1. The summed E-state index contributed by atoms with van der Waals surface area (Å²) in [7, 11) is 1.66. The van der Waals surface area contributed by atoms with Crippen molar-refractivity contribution >= 4 is 11.6 Å². The van der Waals surface area contributed by atoms with E-state index in [-0.39, 0.29) is 5.56 Å². The van der Waals surface area contributed by atoms with Crippen molar-refractivity contribution in [2.24, 2.45) is 12.8 Å². The molecule has 0 radical (unpaired) electrons. The lowest BCUT2D eigenvalue weighted by Crippen LogP contribution is -2.40. The van der Waals surface area contributed by atoms with Gasteiger partial charge in [-0.25, -0.2) is 4.68 Å². The van der Waals surface area contributed by atoms with Gasteiger partial charge in [0.05, 0.1) is 18.8 Å². The average Bonchev–Trinajstić information content (AvgIpc) is 2.64. The van der Waals surface area contributed by atoms with Crippen molar-refractivity contribution in [3.05, 3.63) is 56.4 Å². The number of amides is 1. The Morgan fingerprint density at radius 1 is 1.29 bits per heavy atom. The number of H-pyrrole nitrogens is 1. The van der Waals surface area contributed by atoms with Crippen LogP contribution in [0.2, 0.25) is 0 Å². The van der Waals surface area contributed by atoms with Gasteiger partial charge in [0.25, 0.3) is 11.1 Å². The lowest BCUT2D eigenvalue weighted by molar-refractivity contribution is -0.138. The van der Waals surface area contributed by atoms with E-state index in [9.17, 15) is 27.6 Å². The normalized spacial score (nSPS) is 14.2. The van der Waals surface area contributed by atoms with Crippen LogP contribution in [0.1, 0.15) is 15.9 Å². The van der Waals surface area contributed by atoms with Crippen molar-refractivity contribution in [3.8, 4) is 0 Å². The Balaban J connectivity index is 0.000000200. The number of aromatic nitrogens is 3. The fourth-order valence-electron chi connectivity index (χ4n) is 2.37. The predicted molar refractivity (Wildman–Crippen MR) is 93.1 cm³/mol. The van der Waals surface area contributed by atoms with E-state index in [1.165, 1.54) is 4.68 Å². The third-order valence-electron chi connectivity index (χ3n) is 3.83. The van der Waals surface area contributed by atoms with Crippen LogP contribution in [-0.2, 0) is 18.0 Å². The maximum atomic E-state index is 12.1. The first-order chi connectivity index (χ1) is 13.1. The zero-order chi connectivity index (χ0) is 20.9. The summed E-state index contributed by atoms with van der Waals surface area (Å²) in [6, 6.07) is 2.18. The molecule has 0 aromatic carbocycles. The Morgan fingerprint density at radius 2 is 1.93 bits per heavy atom. The molecular weight excluding hydrogens is 383 g/mol. The number of pyridine rings is 1. The fourth-order valence-corrected chi connectivity index (χ4v) is 2.37. The third kappa shape index (κ3) is 5.19. The Hall–Kier alpha value is -3.15. The van der Waals surface area contributed by atoms with E-state index in [1.807, 2.05) is 4.90 Å². The zero-order valence-electron chi connectivity index (χ0n) is 14.8. The molecule has 12 heteroatoms. The van der Waals surface area contributed by atoms with Gasteiger partial charge in [-0.05, 0) is 12.1 Å². The molecule has 3 N–H and O–H groups in total. The maximum Gasteiger partial charge on any atom is 0.421 e. The van der Waals surface area contributed by atoms with Gasteiger partial charge in [-0.1, -0.05) is 0 Å². The van der Waals surface area contributed by atoms with E-state index in [0.29, 0.717) is 25.0 Å². The highest BCUT2D eigenvalue weighted by Crippen LogP contribution is 2.26. The molecule has 1 saturated heterocycles. The minimum absolute atomic E-state index is 0.0469. The summed E-state index contributed by atoms with van der Waals surface area (Å²) in [6.45, 7) is 2.93. The van der Waals surface area contributed by atoms with Crippen molar-refractivity contribution < 1.29 is 22.7 Å². The minimum Gasteiger partial charge on any atom is -0.378 e. The molecule has 0 saturated carbocycles. The standard InChI is InChI=1S/C9H13N3O2.C7H5F3N2O2/c1-11-9(13)8(2-3-10-11)12-4-6-14-7-5-12;8-7(9,10)4-1-3(5(11)13)2-12-6(4)14/h2-3H,4-7H2,1H3;1-2H,(H2,11,13)(H,12,14). The van der Waals surface area contributed by atoms with Crippen LogP contribution in [0, 0.1) is 0 Å². The van der Waals surface area contributed by atoms with E-state index in [2.05, 4.69) is 5.10 Å². The minimum atomic E-state index is -4.79. The molecule has 0 aliphatic carbocycles. The van der Waals surface area contributed by atoms with Crippen LogP contribution >= 0.6 is 0 Å². The number of nitrogens with zero attached hydrogens (tertiary/aromatic N) is 3. The predicted octanol–water partition coefficient (Wildman–Crippen LogP) is 0.110. The summed E-state index contributed by atoms with van der Waals surface area (Å²) in [5.74, 6) is -1.04. The SMILES string of the molecule is Cn1nccc(N2CCOCC2)c1=O.NC(=O)c1c[nH]c(=O)c(C(F)(F)F)c1. The molecule has 28 heavy (non-hydrogen) atoms. The number of rotatable bonds is 2. The van der Waals surface area contributed by atoms with Crippen molar-refractivity contribution in [2.45, 2.75) is 6.18 Å². The molecule has 0 spiro atoms. The molecule has 0 bridgehead atoms. The Labute approximate surface area is 156 Å². The van der Waals surface area contributed by atoms with Gasteiger partial charge in [-0.15, -0.1) is 0 Å². The average molecular weight is 401 g/mol. The summed E-state index contributed by atoms with van der Waals surface area (Å²) < 4.78 is 42.9. The first-order valence-electron chi connectivity index (χ1n) is 8.06. The van der Waals surface area contributed by atoms with Crippen LogP contribution in [0.4, 0.5) is 18.9 Å². The van der Waals surface area contributed by atoms with Crippen LogP contribution in [0.5, 0.6) is 0 Å². The van der Waals surface area contributed by atoms with Gasteiger partial charge in [-0.3, -0.25) is 14.4 Å². The van der Waals surface area contributed by atoms with Crippen molar-refractivity contribution in [1.82, 2.24) is 14.8 Å². The monoisotopic (exact) mass is 401 g/mol. The number of anilines is 1. The van der Waals surface area contributed by atoms with Crippen molar-refractivity contribution in [3.63, 3.8) is 0 Å². The molecule has 152 valence electrons. The Bertz CT molecular complexity index is 948. The van der Waals surface area contributed by atoms with Gasteiger partial charge in [0.15, 0.2) is 0 Å². The lowest BCUT2D eigenvalue weighted by Gasteiger charge is -2.27. The number of nitrogens with two attached hydrogens (primary N) is 1. The third-order valence-corrected chi connectivity index (χ3v) is 3.83. The Kier molecular flexibility index (Phi) is 6.57. The number of morpholine rings is 1. The number of alkyl halides is 3. The quantitative estimate of drug-likeness (QED) is 0.736. The highest BCUT2D eigenvalue weighted by Gasteiger charge is 2.34. The molecule has 0 unspecified atom stereocenters. The van der Waals surface area contributed by atoms with Crippen LogP contribution in [0.15, 0.2) is 34.1 Å². The van der Waals surface area contributed by atoms with Gasteiger partial charge in [0.2, 0.25) is 5.91 Å². The number of nitrogens with one attached hydrogen (secondary N) is 1. The molecule has 0 atom stereocenters. The van der Waals surface area contributed by atoms with E-state index in [1.54, 1.807) is 24.3 Å². The summed E-state index contributed by atoms with van der Waals surface area (Å²) >= 11 is 0. The van der Waals surface area contributed by atoms with E-state index in [4.69, 9.17) is 10.5 Å². The van der Waals surface area contributed by atoms with Gasteiger partial charge in [0, 0.05) is 32.5 Å². The molecule has 1 aliphatic heterocycles. The first kappa shape index (κ1) is 21.2. The molecular formula is C16H18F3N5O4. The largest absolute Gasteiger partial charge is 0.421 e. The number of hydrogen-bond donors (Lipinski definition) is 2. The molecule has 3 rings (SSSR count). The molecule has 1 aliphatic rings. The summed E-state index contributed by atoms with van der Waals surface area (Å²) in [4.78, 5) is 36.7. The summed E-state index contributed by atoms with van der Waals surface area (Å²) in [5.41, 5.74) is 2.28. The van der Waals surface area contributed by atoms with Crippen LogP contribution in [0.3, 0.4) is 0 Å². The Morgan fingerprint density at radius 3 is 2.50 bits per heavy atom. The molecule has 3 heterocycles. The van der Waals surface area contributed by atoms with Crippen molar-refractivity contribution in [2.75, 3.05) is 31.2 Å². The number of halogens is 3. The molecule has 2 aromatic rings. The van der Waals surface area contributed by atoms with Gasteiger partial charge in [0.1, 0.15) is 11.3 Å². The number of aryl methyl sites for hydroxylation is 1.